The number of rotatable bonds is 3. The maximum absolute atomic E-state index is 13.8. The van der Waals surface area contributed by atoms with Gasteiger partial charge in [-0.15, -0.1) is 0 Å². The molecule has 0 spiro atoms. The average molecular weight is 403 g/mol. The third-order valence-electron chi connectivity index (χ3n) is 2.57. The zero-order valence-electron chi connectivity index (χ0n) is 9.96. The maximum atomic E-state index is 13.8. The van der Waals surface area contributed by atoms with Crippen LogP contribution in [0.4, 0.5) is 8.78 Å². The van der Waals surface area contributed by atoms with Crippen LogP contribution < -0.4 is 4.74 Å². The molecule has 2 nitrogen and oxygen atoms in total. The van der Waals surface area contributed by atoms with Gasteiger partial charge < -0.3 is 4.74 Å². The van der Waals surface area contributed by atoms with Gasteiger partial charge in [0.05, 0.1) is 15.6 Å². The van der Waals surface area contributed by atoms with Crippen LogP contribution in [0.3, 0.4) is 0 Å². The van der Waals surface area contributed by atoms with E-state index in [9.17, 15) is 8.78 Å². The molecule has 20 heavy (non-hydrogen) atoms. The first-order valence-corrected chi connectivity index (χ1v) is 7.06. The van der Waals surface area contributed by atoms with Crippen LogP contribution >= 0.6 is 31.9 Å². The first kappa shape index (κ1) is 14.9. The lowest BCUT2D eigenvalue weighted by Gasteiger charge is -2.10. The van der Waals surface area contributed by atoms with E-state index in [0.717, 1.165) is 10.5 Å². The summed E-state index contributed by atoms with van der Waals surface area (Å²) >= 11 is 6.22. The van der Waals surface area contributed by atoms with E-state index in [2.05, 4.69) is 31.9 Å². The van der Waals surface area contributed by atoms with Crippen molar-refractivity contribution in [3.8, 4) is 11.8 Å². The number of halogens is 4. The van der Waals surface area contributed by atoms with Gasteiger partial charge >= 0.3 is 0 Å². The van der Waals surface area contributed by atoms with Gasteiger partial charge in [0.2, 0.25) is 0 Å². The standard InChI is InChI=1S/C14H7Br2F2NO/c15-9-1-4-13(8(5-9)6-19)20-7-10-12(17)3-2-11(16)14(10)18/h1-5H,7H2. The van der Waals surface area contributed by atoms with Gasteiger partial charge in [-0.2, -0.15) is 5.26 Å². The molecule has 0 saturated heterocycles. The fraction of sp³-hybridized carbons (Fsp3) is 0.0714. The molecule has 0 N–H and O–H groups in total. The molecule has 2 rings (SSSR count). The van der Waals surface area contributed by atoms with Crippen LogP contribution in [0.25, 0.3) is 0 Å². The lowest BCUT2D eigenvalue weighted by atomic mass is 10.2. The first-order valence-electron chi connectivity index (χ1n) is 5.47. The maximum Gasteiger partial charge on any atom is 0.146 e. The summed E-state index contributed by atoms with van der Waals surface area (Å²) in [5.41, 5.74) is 0.0985. The molecule has 0 aliphatic heterocycles. The van der Waals surface area contributed by atoms with E-state index in [1.54, 1.807) is 18.2 Å². The second-order valence-electron chi connectivity index (χ2n) is 3.86. The predicted molar refractivity (Wildman–Crippen MR) is 77.2 cm³/mol. The Morgan fingerprint density at radius 3 is 2.60 bits per heavy atom. The topological polar surface area (TPSA) is 33.0 Å². The van der Waals surface area contributed by atoms with Crippen LogP contribution in [0.5, 0.6) is 5.75 Å². The molecule has 0 atom stereocenters. The fourth-order valence-electron chi connectivity index (χ4n) is 1.57. The number of ether oxygens (including phenoxy) is 1. The molecule has 0 amide bonds. The summed E-state index contributed by atoms with van der Waals surface area (Å²) in [6, 6.07) is 9.22. The van der Waals surface area contributed by atoms with E-state index in [4.69, 9.17) is 10.00 Å². The van der Waals surface area contributed by atoms with Gasteiger partial charge in [0.15, 0.2) is 0 Å². The Hall–Kier alpha value is -1.45. The molecular weight excluding hydrogens is 396 g/mol. The van der Waals surface area contributed by atoms with Crippen molar-refractivity contribution in [1.29, 1.82) is 5.26 Å². The summed E-state index contributed by atoms with van der Waals surface area (Å²) in [5.74, 6) is -1.13. The van der Waals surface area contributed by atoms with Crippen LogP contribution in [0, 0.1) is 23.0 Å². The van der Waals surface area contributed by atoms with Gasteiger partial charge in [-0.3, -0.25) is 0 Å². The van der Waals surface area contributed by atoms with Crippen molar-refractivity contribution in [2.75, 3.05) is 0 Å². The molecular formula is C14H7Br2F2NO. The largest absolute Gasteiger partial charge is 0.487 e. The van der Waals surface area contributed by atoms with Crippen molar-refractivity contribution >= 4 is 31.9 Å². The number of nitriles is 1. The fourth-order valence-corrected chi connectivity index (χ4v) is 2.30. The zero-order chi connectivity index (χ0) is 14.7. The Kier molecular flexibility index (Phi) is 4.73. The van der Waals surface area contributed by atoms with E-state index in [-0.39, 0.29) is 28.0 Å². The van der Waals surface area contributed by atoms with Crippen LogP contribution in [-0.4, -0.2) is 0 Å². The minimum absolute atomic E-state index is 0.161. The Labute approximate surface area is 131 Å². The van der Waals surface area contributed by atoms with Gasteiger partial charge in [-0.05, 0) is 46.3 Å². The summed E-state index contributed by atoms with van der Waals surface area (Å²) in [7, 11) is 0. The van der Waals surface area contributed by atoms with E-state index in [1.165, 1.54) is 6.07 Å². The molecule has 6 heteroatoms. The molecule has 2 aromatic carbocycles. The molecule has 0 fully saturated rings. The number of benzene rings is 2. The summed E-state index contributed by atoms with van der Waals surface area (Å²) in [5, 5.41) is 8.99. The highest BCUT2D eigenvalue weighted by atomic mass is 79.9. The predicted octanol–water partition coefficient (Wildman–Crippen LogP) is 4.94. The zero-order valence-corrected chi connectivity index (χ0v) is 13.1. The third kappa shape index (κ3) is 3.17. The molecule has 2 aromatic rings. The van der Waals surface area contributed by atoms with Crippen LogP contribution in [0.1, 0.15) is 11.1 Å². The Morgan fingerprint density at radius 1 is 1.15 bits per heavy atom. The minimum atomic E-state index is -0.708. The van der Waals surface area contributed by atoms with Gasteiger partial charge in [-0.1, -0.05) is 15.9 Å². The van der Waals surface area contributed by atoms with Crippen molar-refractivity contribution in [3.05, 3.63) is 62.0 Å². The third-order valence-corrected chi connectivity index (χ3v) is 3.68. The molecule has 0 unspecified atom stereocenters. The van der Waals surface area contributed by atoms with Crippen LogP contribution in [0.2, 0.25) is 0 Å². The Bertz CT molecular complexity index is 698. The highest BCUT2D eigenvalue weighted by molar-refractivity contribution is 9.10. The lowest BCUT2D eigenvalue weighted by molar-refractivity contribution is 0.291. The monoisotopic (exact) mass is 401 g/mol. The van der Waals surface area contributed by atoms with Crippen LogP contribution in [-0.2, 0) is 6.61 Å². The van der Waals surface area contributed by atoms with E-state index < -0.39 is 11.6 Å². The Balaban J connectivity index is 2.26. The molecule has 0 bridgehead atoms. The number of hydrogen-bond acceptors (Lipinski definition) is 2. The average Bonchev–Trinajstić information content (AvgIpc) is 2.44. The Morgan fingerprint density at radius 2 is 1.90 bits per heavy atom. The van der Waals surface area contributed by atoms with Gasteiger partial charge in [0.25, 0.3) is 0 Å². The lowest BCUT2D eigenvalue weighted by Crippen LogP contribution is -2.03. The molecule has 0 aromatic heterocycles. The summed E-state index contributed by atoms with van der Waals surface area (Å²) in [4.78, 5) is 0. The summed E-state index contributed by atoms with van der Waals surface area (Å²) in [6.45, 7) is -0.298. The van der Waals surface area contributed by atoms with Crippen molar-refractivity contribution in [3.63, 3.8) is 0 Å². The van der Waals surface area contributed by atoms with Crippen molar-refractivity contribution in [2.45, 2.75) is 6.61 Å². The van der Waals surface area contributed by atoms with Gasteiger partial charge in [-0.25, -0.2) is 8.78 Å². The molecule has 0 saturated carbocycles. The highest BCUT2D eigenvalue weighted by Gasteiger charge is 2.14. The molecule has 102 valence electrons. The molecule has 0 heterocycles. The molecule has 0 aliphatic rings. The van der Waals surface area contributed by atoms with Gasteiger partial charge in [0.1, 0.15) is 30.1 Å². The highest BCUT2D eigenvalue weighted by Crippen LogP contribution is 2.26. The number of hydrogen-bond donors (Lipinski definition) is 0. The minimum Gasteiger partial charge on any atom is -0.487 e. The van der Waals surface area contributed by atoms with Crippen LogP contribution in [0.15, 0.2) is 39.3 Å². The summed E-state index contributed by atoms with van der Waals surface area (Å²) < 4.78 is 33.6. The van der Waals surface area contributed by atoms with E-state index in [0.29, 0.717) is 0 Å². The second-order valence-corrected chi connectivity index (χ2v) is 5.63. The molecule has 0 aliphatic carbocycles. The van der Waals surface area contributed by atoms with Crippen molar-refractivity contribution in [1.82, 2.24) is 0 Å². The molecule has 0 radical (unpaired) electrons. The summed E-state index contributed by atoms with van der Waals surface area (Å²) in [6.07, 6.45) is 0. The SMILES string of the molecule is N#Cc1cc(Br)ccc1OCc1c(F)ccc(Br)c1F. The normalized spacial score (nSPS) is 10.2. The van der Waals surface area contributed by atoms with E-state index >= 15 is 0 Å². The van der Waals surface area contributed by atoms with Gasteiger partial charge in [0, 0.05) is 4.47 Å². The van der Waals surface area contributed by atoms with Crippen molar-refractivity contribution < 1.29 is 13.5 Å². The smallest absolute Gasteiger partial charge is 0.146 e. The second kappa shape index (κ2) is 6.33. The van der Waals surface area contributed by atoms with Crippen molar-refractivity contribution in [2.24, 2.45) is 0 Å². The van der Waals surface area contributed by atoms with E-state index in [1.807, 2.05) is 6.07 Å². The first-order chi connectivity index (χ1) is 9.52. The quantitative estimate of drug-likeness (QED) is 0.681. The number of nitrogens with zero attached hydrogens (tertiary/aromatic N) is 1.